The van der Waals surface area contributed by atoms with Gasteiger partial charge in [0.25, 0.3) is 5.56 Å². The van der Waals surface area contributed by atoms with E-state index in [2.05, 4.69) is 19.2 Å². The number of aromatic nitrogens is 2. The summed E-state index contributed by atoms with van der Waals surface area (Å²) in [6, 6.07) is 8.32. The zero-order valence-electron chi connectivity index (χ0n) is 18.9. The van der Waals surface area contributed by atoms with E-state index < -0.39 is 0 Å². The molecule has 0 aliphatic carbocycles. The normalized spacial score (nSPS) is 12.3. The number of aryl methyl sites for hydroxylation is 3. The summed E-state index contributed by atoms with van der Waals surface area (Å²) in [6.45, 7) is 10.7. The number of amides is 1. The van der Waals surface area contributed by atoms with Crippen LogP contribution in [0.2, 0.25) is 0 Å². The number of nitrogens with one attached hydrogen (secondary N) is 1. The molecule has 0 saturated heterocycles. The van der Waals surface area contributed by atoms with Crippen molar-refractivity contribution in [1.29, 1.82) is 0 Å². The Morgan fingerprint density at radius 3 is 2.58 bits per heavy atom. The molecule has 3 aromatic rings. The predicted octanol–water partition coefficient (Wildman–Crippen LogP) is 5.08. The molecule has 1 unspecified atom stereocenters. The molecule has 0 aliphatic heterocycles. The number of rotatable bonds is 9. The second-order valence-electron chi connectivity index (χ2n) is 8.00. The highest BCUT2D eigenvalue weighted by Crippen LogP contribution is 2.29. The SMILES string of the molecule is CCCC(C)NC(=O)CSc1nc2sc(CC)c(C)c2c(=O)n1Cc1ccc(C)cc1. The molecule has 0 spiro atoms. The fourth-order valence-corrected chi connectivity index (χ4v) is 5.63. The van der Waals surface area contributed by atoms with Gasteiger partial charge < -0.3 is 5.32 Å². The molecular formula is C24H31N3O2S2. The molecule has 7 heteroatoms. The molecule has 0 radical (unpaired) electrons. The van der Waals surface area contributed by atoms with Gasteiger partial charge in [0.05, 0.1) is 17.7 Å². The van der Waals surface area contributed by atoms with Crippen molar-refractivity contribution in [3.05, 3.63) is 56.2 Å². The molecule has 2 heterocycles. The molecule has 166 valence electrons. The highest BCUT2D eigenvalue weighted by molar-refractivity contribution is 7.99. The van der Waals surface area contributed by atoms with E-state index in [-0.39, 0.29) is 23.3 Å². The summed E-state index contributed by atoms with van der Waals surface area (Å²) in [5.41, 5.74) is 3.22. The van der Waals surface area contributed by atoms with Crippen molar-refractivity contribution in [2.75, 3.05) is 5.75 Å². The first kappa shape index (κ1) is 23.5. The third-order valence-corrected chi connectivity index (χ3v) is 7.66. The van der Waals surface area contributed by atoms with Gasteiger partial charge in [-0.2, -0.15) is 0 Å². The van der Waals surface area contributed by atoms with Crippen LogP contribution in [0.4, 0.5) is 0 Å². The maximum Gasteiger partial charge on any atom is 0.263 e. The standard InChI is InChI=1S/C24H31N3O2S2/c1-6-8-16(4)25-20(28)14-30-24-26-22-21(17(5)19(7-2)31-22)23(29)27(24)13-18-11-9-15(3)10-12-18/h9-12,16H,6-8,13-14H2,1-5H3,(H,25,28). The van der Waals surface area contributed by atoms with Gasteiger partial charge in [-0.3, -0.25) is 14.2 Å². The van der Waals surface area contributed by atoms with Crippen LogP contribution in [0.25, 0.3) is 10.2 Å². The lowest BCUT2D eigenvalue weighted by atomic mass is 10.1. The van der Waals surface area contributed by atoms with Crippen LogP contribution in [-0.2, 0) is 17.8 Å². The quantitative estimate of drug-likeness (QED) is 0.359. The maximum atomic E-state index is 13.5. The largest absolute Gasteiger partial charge is 0.353 e. The zero-order chi connectivity index (χ0) is 22.5. The Hall–Kier alpha value is -2.12. The number of thiophene rings is 1. The summed E-state index contributed by atoms with van der Waals surface area (Å²) in [4.78, 5) is 32.7. The van der Waals surface area contributed by atoms with Crippen LogP contribution in [0.5, 0.6) is 0 Å². The van der Waals surface area contributed by atoms with E-state index in [4.69, 9.17) is 4.98 Å². The number of carbonyl (C=O) groups excluding carboxylic acids is 1. The Balaban J connectivity index is 1.96. The molecule has 1 N–H and O–H groups in total. The van der Waals surface area contributed by atoms with Crippen LogP contribution in [0.15, 0.2) is 34.2 Å². The molecule has 5 nitrogen and oxygen atoms in total. The third kappa shape index (κ3) is 5.57. The van der Waals surface area contributed by atoms with Gasteiger partial charge in [0.15, 0.2) is 5.16 Å². The van der Waals surface area contributed by atoms with Crippen LogP contribution in [-0.4, -0.2) is 27.3 Å². The number of hydrogen-bond donors (Lipinski definition) is 1. The zero-order valence-corrected chi connectivity index (χ0v) is 20.6. The number of nitrogens with zero attached hydrogens (tertiary/aromatic N) is 2. The van der Waals surface area contributed by atoms with E-state index in [1.807, 2.05) is 45.0 Å². The monoisotopic (exact) mass is 457 g/mol. The highest BCUT2D eigenvalue weighted by Gasteiger charge is 2.19. The maximum absolute atomic E-state index is 13.5. The van der Waals surface area contributed by atoms with E-state index >= 15 is 0 Å². The van der Waals surface area contributed by atoms with Crippen LogP contribution < -0.4 is 10.9 Å². The summed E-state index contributed by atoms with van der Waals surface area (Å²) in [5.74, 6) is 0.212. The average molecular weight is 458 g/mol. The van der Waals surface area contributed by atoms with E-state index in [0.29, 0.717) is 17.1 Å². The Morgan fingerprint density at radius 1 is 1.23 bits per heavy atom. The predicted molar refractivity (Wildman–Crippen MR) is 132 cm³/mol. The molecule has 1 atom stereocenters. The van der Waals surface area contributed by atoms with Crippen LogP contribution in [0.3, 0.4) is 0 Å². The average Bonchev–Trinajstić information content (AvgIpc) is 3.06. The van der Waals surface area contributed by atoms with Gasteiger partial charge >= 0.3 is 0 Å². The third-order valence-electron chi connectivity index (χ3n) is 5.36. The Kier molecular flexibility index (Phi) is 7.94. The van der Waals surface area contributed by atoms with Crippen LogP contribution in [0, 0.1) is 13.8 Å². The second-order valence-corrected chi connectivity index (χ2v) is 10.0. The van der Waals surface area contributed by atoms with Gasteiger partial charge in [0.1, 0.15) is 4.83 Å². The molecule has 0 bridgehead atoms. The van der Waals surface area contributed by atoms with Gasteiger partial charge in [-0.25, -0.2) is 4.98 Å². The minimum atomic E-state index is -0.0289. The fourth-order valence-electron chi connectivity index (χ4n) is 3.66. The van der Waals surface area contributed by atoms with Crippen molar-refractivity contribution >= 4 is 39.2 Å². The fraction of sp³-hybridized carbons (Fsp3) is 0.458. The van der Waals surface area contributed by atoms with Crippen LogP contribution in [0.1, 0.15) is 55.2 Å². The first-order chi connectivity index (χ1) is 14.8. The topological polar surface area (TPSA) is 64.0 Å². The van der Waals surface area contributed by atoms with Crippen molar-refractivity contribution in [1.82, 2.24) is 14.9 Å². The molecule has 0 saturated carbocycles. The molecule has 1 aromatic carbocycles. The summed E-state index contributed by atoms with van der Waals surface area (Å²) in [5, 5.41) is 4.33. The van der Waals surface area contributed by atoms with Gasteiger partial charge in [-0.05, 0) is 44.7 Å². The van der Waals surface area contributed by atoms with Gasteiger partial charge in [0, 0.05) is 10.9 Å². The lowest BCUT2D eigenvalue weighted by Crippen LogP contribution is -2.34. The van der Waals surface area contributed by atoms with Crippen molar-refractivity contribution in [3.63, 3.8) is 0 Å². The van der Waals surface area contributed by atoms with Crippen molar-refractivity contribution < 1.29 is 4.79 Å². The minimum Gasteiger partial charge on any atom is -0.353 e. The van der Waals surface area contributed by atoms with E-state index in [1.165, 1.54) is 22.2 Å². The minimum absolute atomic E-state index is 0.0266. The number of thioether (sulfide) groups is 1. The van der Waals surface area contributed by atoms with Crippen molar-refractivity contribution in [2.45, 2.75) is 71.6 Å². The summed E-state index contributed by atoms with van der Waals surface area (Å²) in [6.07, 6.45) is 2.86. The molecule has 1 amide bonds. The second kappa shape index (κ2) is 10.5. The Labute approximate surface area is 192 Å². The van der Waals surface area contributed by atoms with Crippen molar-refractivity contribution in [2.24, 2.45) is 0 Å². The highest BCUT2D eigenvalue weighted by atomic mass is 32.2. The molecule has 2 aromatic heterocycles. The lowest BCUT2D eigenvalue weighted by molar-refractivity contribution is -0.119. The van der Waals surface area contributed by atoms with Gasteiger partial charge in [-0.15, -0.1) is 11.3 Å². The van der Waals surface area contributed by atoms with E-state index in [1.54, 1.807) is 15.9 Å². The molecule has 3 rings (SSSR count). The summed E-state index contributed by atoms with van der Waals surface area (Å²) in [7, 11) is 0. The molecular weight excluding hydrogens is 426 g/mol. The first-order valence-electron chi connectivity index (χ1n) is 10.8. The lowest BCUT2D eigenvalue weighted by Gasteiger charge is -2.14. The number of carbonyl (C=O) groups is 1. The first-order valence-corrected chi connectivity index (χ1v) is 12.6. The Bertz CT molecular complexity index is 1120. The van der Waals surface area contributed by atoms with Gasteiger partial charge in [-0.1, -0.05) is 61.9 Å². The number of benzene rings is 1. The van der Waals surface area contributed by atoms with E-state index in [9.17, 15) is 9.59 Å². The smallest absolute Gasteiger partial charge is 0.263 e. The Morgan fingerprint density at radius 2 is 1.94 bits per heavy atom. The van der Waals surface area contributed by atoms with Crippen molar-refractivity contribution in [3.8, 4) is 0 Å². The van der Waals surface area contributed by atoms with E-state index in [0.717, 1.165) is 35.2 Å². The molecule has 0 aliphatic rings. The number of hydrogen-bond acceptors (Lipinski definition) is 5. The van der Waals surface area contributed by atoms with Crippen LogP contribution >= 0.6 is 23.1 Å². The summed E-state index contributed by atoms with van der Waals surface area (Å²) >= 11 is 2.92. The summed E-state index contributed by atoms with van der Waals surface area (Å²) < 4.78 is 1.72. The number of fused-ring (bicyclic) bond motifs is 1. The molecule has 31 heavy (non-hydrogen) atoms. The van der Waals surface area contributed by atoms with Gasteiger partial charge in [0.2, 0.25) is 5.91 Å². The molecule has 0 fully saturated rings.